The lowest BCUT2D eigenvalue weighted by atomic mass is 9.74. The Morgan fingerprint density at radius 3 is 1.60 bits per heavy atom. The minimum Gasteiger partial charge on any atom is -0.310 e. The summed E-state index contributed by atoms with van der Waals surface area (Å²) < 4.78 is 2.49. The van der Waals surface area contributed by atoms with Crippen molar-refractivity contribution in [1.82, 2.24) is 19.5 Å². The number of hydrogen-bond acceptors (Lipinski definition) is 4. The third-order valence-electron chi connectivity index (χ3n) is 11.6. The van der Waals surface area contributed by atoms with Crippen LogP contribution < -0.4 is 4.90 Å². The molecular formula is C52H37N5. The molecule has 270 valence electrons. The van der Waals surface area contributed by atoms with Gasteiger partial charge in [-0.25, -0.2) is 15.0 Å². The van der Waals surface area contributed by atoms with Crippen molar-refractivity contribution in [2.45, 2.75) is 19.3 Å². The Labute approximate surface area is 331 Å². The number of benzene rings is 8. The Hall–Kier alpha value is -7.37. The van der Waals surface area contributed by atoms with Gasteiger partial charge < -0.3 is 9.47 Å². The van der Waals surface area contributed by atoms with Crippen molar-refractivity contribution in [1.29, 1.82) is 0 Å². The van der Waals surface area contributed by atoms with Crippen LogP contribution in [0.3, 0.4) is 0 Å². The Morgan fingerprint density at radius 1 is 0.439 bits per heavy atom. The fraction of sp³-hybridized carbons (Fsp3) is 0.0577. The molecule has 5 heteroatoms. The molecule has 0 N–H and O–H groups in total. The van der Waals surface area contributed by atoms with Crippen LogP contribution in [0.15, 0.2) is 188 Å². The van der Waals surface area contributed by atoms with Crippen molar-refractivity contribution in [2.24, 2.45) is 0 Å². The van der Waals surface area contributed by atoms with Crippen molar-refractivity contribution >= 4 is 49.6 Å². The molecule has 1 aliphatic heterocycles. The van der Waals surface area contributed by atoms with E-state index in [1.807, 2.05) is 36.4 Å². The van der Waals surface area contributed by atoms with E-state index in [0.717, 1.165) is 33.8 Å². The van der Waals surface area contributed by atoms with Crippen LogP contribution in [0.5, 0.6) is 0 Å². The highest BCUT2D eigenvalue weighted by Crippen LogP contribution is 2.52. The number of nitrogens with zero attached hydrogens (tertiary/aromatic N) is 5. The van der Waals surface area contributed by atoms with Crippen molar-refractivity contribution in [3.05, 3.63) is 199 Å². The van der Waals surface area contributed by atoms with E-state index in [0.29, 0.717) is 17.5 Å². The third kappa shape index (κ3) is 5.27. The van der Waals surface area contributed by atoms with E-state index in [2.05, 4.69) is 175 Å². The molecule has 0 atom stereocenters. The minimum atomic E-state index is -0.392. The number of fused-ring (bicyclic) bond motifs is 7. The molecule has 0 fully saturated rings. The second-order valence-electron chi connectivity index (χ2n) is 15.3. The first kappa shape index (κ1) is 33.0. The van der Waals surface area contributed by atoms with Gasteiger partial charge in [-0.2, -0.15) is 0 Å². The van der Waals surface area contributed by atoms with E-state index in [9.17, 15) is 0 Å². The maximum Gasteiger partial charge on any atom is 0.164 e. The Bertz CT molecular complexity index is 3040. The summed E-state index contributed by atoms with van der Waals surface area (Å²) in [6.45, 7) is 4.72. The molecule has 0 unspecified atom stereocenters. The lowest BCUT2D eigenvalue weighted by molar-refractivity contribution is 0.630. The Kier molecular flexibility index (Phi) is 7.45. The Balaban J connectivity index is 1.19. The number of anilines is 3. The second kappa shape index (κ2) is 12.9. The zero-order valence-corrected chi connectivity index (χ0v) is 31.6. The maximum absolute atomic E-state index is 5.12. The van der Waals surface area contributed by atoms with E-state index in [1.54, 1.807) is 0 Å². The number of aromatic nitrogens is 4. The molecule has 8 aromatic carbocycles. The molecule has 0 bridgehead atoms. The highest BCUT2D eigenvalue weighted by molar-refractivity contribution is 6.23. The van der Waals surface area contributed by atoms with Crippen molar-refractivity contribution in [3.63, 3.8) is 0 Å². The molecule has 10 aromatic rings. The normalized spacial score (nSPS) is 12.9. The van der Waals surface area contributed by atoms with Crippen LogP contribution in [0.1, 0.15) is 25.0 Å². The first-order valence-corrected chi connectivity index (χ1v) is 19.5. The lowest BCUT2D eigenvalue weighted by Gasteiger charge is -2.36. The zero-order valence-electron chi connectivity index (χ0n) is 31.6. The Morgan fingerprint density at radius 2 is 0.982 bits per heavy atom. The van der Waals surface area contributed by atoms with Crippen molar-refractivity contribution in [3.8, 4) is 39.9 Å². The highest BCUT2D eigenvalue weighted by atomic mass is 15.1. The molecule has 0 radical (unpaired) electrons. The molecule has 0 spiro atoms. The molecule has 5 nitrogen and oxygen atoms in total. The smallest absolute Gasteiger partial charge is 0.164 e. The van der Waals surface area contributed by atoms with Crippen molar-refractivity contribution in [2.75, 3.05) is 4.90 Å². The van der Waals surface area contributed by atoms with Crippen LogP contribution in [0, 0.1) is 0 Å². The quantitative estimate of drug-likeness (QED) is 0.171. The fourth-order valence-electron chi connectivity index (χ4n) is 8.81. The van der Waals surface area contributed by atoms with Crippen LogP contribution >= 0.6 is 0 Å². The number of rotatable bonds is 6. The zero-order chi connectivity index (χ0) is 38.1. The van der Waals surface area contributed by atoms with Crippen LogP contribution in [0.4, 0.5) is 17.1 Å². The van der Waals surface area contributed by atoms with Crippen LogP contribution in [-0.4, -0.2) is 19.5 Å². The number of para-hydroxylation sites is 2. The van der Waals surface area contributed by atoms with Gasteiger partial charge in [0.25, 0.3) is 0 Å². The standard InChI is InChI=1S/C52H37N5/c1-52(2)43-31-37(51-54-49(35-18-7-3-8-19-35)53-50(55-51)36-20-9-4-10-21-36)28-29-45(43)57-46-30-27-34-17-15-16-26-41(34)47(46)42-32-40(33-44(52)48(42)57)56(38-22-11-5-12-23-38)39-24-13-6-14-25-39/h3-33H,1-2H3. The van der Waals surface area contributed by atoms with Crippen LogP contribution in [0.2, 0.25) is 0 Å². The van der Waals surface area contributed by atoms with E-state index < -0.39 is 5.41 Å². The highest BCUT2D eigenvalue weighted by Gasteiger charge is 2.37. The molecule has 57 heavy (non-hydrogen) atoms. The molecule has 0 saturated carbocycles. The third-order valence-corrected chi connectivity index (χ3v) is 11.6. The topological polar surface area (TPSA) is 46.8 Å². The average Bonchev–Trinajstić information content (AvgIpc) is 3.61. The van der Waals surface area contributed by atoms with Gasteiger partial charge in [0.05, 0.1) is 16.7 Å². The summed E-state index contributed by atoms with van der Waals surface area (Å²) in [6.07, 6.45) is 0. The van der Waals surface area contributed by atoms with Gasteiger partial charge in [-0.15, -0.1) is 0 Å². The minimum absolute atomic E-state index is 0.392. The molecule has 0 amide bonds. The summed E-state index contributed by atoms with van der Waals surface area (Å²) in [5, 5.41) is 4.98. The average molecular weight is 732 g/mol. The van der Waals surface area contributed by atoms with E-state index in [1.165, 1.54) is 49.4 Å². The maximum atomic E-state index is 5.12. The first-order chi connectivity index (χ1) is 28.0. The fourth-order valence-corrected chi connectivity index (χ4v) is 8.81. The van der Waals surface area contributed by atoms with Gasteiger partial charge >= 0.3 is 0 Å². The largest absolute Gasteiger partial charge is 0.310 e. The van der Waals surface area contributed by atoms with Crippen molar-refractivity contribution < 1.29 is 0 Å². The monoisotopic (exact) mass is 731 g/mol. The van der Waals surface area contributed by atoms with Gasteiger partial charge in [-0.3, -0.25) is 0 Å². The van der Waals surface area contributed by atoms with Gasteiger partial charge in [0.15, 0.2) is 17.5 Å². The second-order valence-corrected chi connectivity index (χ2v) is 15.3. The summed E-state index contributed by atoms with van der Waals surface area (Å²) in [4.78, 5) is 17.6. The van der Waals surface area contributed by atoms with Gasteiger partial charge in [-0.1, -0.05) is 141 Å². The lowest BCUT2D eigenvalue weighted by Crippen LogP contribution is -2.27. The van der Waals surface area contributed by atoms with E-state index in [-0.39, 0.29) is 0 Å². The molecule has 2 aromatic heterocycles. The van der Waals surface area contributed by atoms with E-state index in [4.69, 9.17) is 15.0 Å². The van der Waals surface area contributed by atoms with Crippen LogP contribution in [-0.2, 0) is 5.41 Å². The van der Waals surface area contributed by atoms with Crippen LogP contribution in [0.25, 0.3) is 72.4 Å². The summed E-state index contributed by atoms with van der Waals surface area (Å²) in [7, 11) is 0. The van der Waals surface area contributed by atoms with Gasteiger partial charge in [0, 0.05) is 49.9 Å². The van der Waals surface area contributed by atoms with Gasteiger partial charge in [0.1, 0.15) is 0 Å². The molecule has 0 saturated heterocycles. The molecule has 0 aliphatic carbocycles. The summed E-state index contributed by atoms with van der Waals surface area (Å²) in [6, 6.07) is 66.6. The molecule has 3 heterocycles. The van der Waals surface area contributed by atoms with E-state index >= 15 is 0 Å². The summed E-state index contributed by atoms with van der Waals surface area (Å²) in [5.74, 6) is 1.95. The molecule has 11 rings (SSSR count). The predicted octanol–water partition coefficient (Wildman–Crippen LogP) is 13.2. The van der Waals surface area contributed by atoms with Gasteiger partial charge in [-0.05, 0) is 82.6 Å². The van der Waals surface area contributed by atoms with Gasteiger partial charge in [0.2, 0.25) is 0 Å². The number of hydrogen-bond donors (Lipinski definition) is 0. The first-order valence-electron chi connectivity index (χ1n) is 19.5. The summed E-state index contributed by atoms with van der Waals surface area (Å²) in [5.41, 5.74) is 11.9. The predicted molar refractivity (Wildman–Crippen MR) is 235 cm³/mol. The molecular weight excluding hydrogens is 695 g/mol. The molecule has 1 aliphatic rings. The summed E-state index contributed by atoms with van der Waals surface area (Å²) >= 11 is 0. The SMILES string of the molecule is CC1(C)c2cc(-c3nc(-c4ccccc4)nc(-c4ccccc4)n3)ccc2-n2c3ccc4ccccc4c3c3cc(N(c4ccccc4)c4ccccc4)cc1c32.